The SMILES string of the molecule is Cl.c1cc2n(c1)[C@@H]1CCCC[C@H]1NC21CCNCC1. The van der Waals surface area contributed by atoms with Crippen molar-refractivity contribution in [1.82, 2.24) is 15.2 Å². The van der Waals surface area contributed by atoms with Gasteiger partial charge in [0.1, 0.15) is 0 Å². The summed E-state index contributed by atoms with van der Waals surface area (Å²) in [7, 11) is 0. The van der Waals surface area contributed by atoms with Crippen LogP contribution in [0.1, 0.15) is 50.3 Å². The van der Waals surface area contributed by atoms with E-state index in [1.807, 2.05) is 0 Å². The molecular weight excluding hydrogens is 258 g/mol. The fourth-order valence-corrected chi connectivity index (χ4v) is 4.38. The molecule has 106 valence electrons. The molecule has 1 saturated heterocycles. The first-order valence-electron chi connectivity index (χ1n) is 7.55. The van der Waals surface area contributed by atoms with Crippen molar-refractivity contribution in [3.63, 3.8) is 0 Å². The van der Waals surface area contributed by atoms with Gasteiger partial charge < -0.3 is 15.2 Å². The Balaban J connectivity index is 0.00000110. The fraction of sp³-hybridized carbons (Fsp3) is 0.733. The minimum absolute atomic E-state index is 0. The number of aromatic nitrogens is 1. The highest BCUT2D eigenvalue weighted by atomic mass is 35.5. The number of piperidine rings is 1. The molecule has 4 rings (SSSR count). The highest BCUT2D eigenvalue weighted by molar-refractivity contribution is 5.85. The first-order valence-corrected chi connectivity index (χ1v) is 7.55. The Kier molecular flexibility index (Phi) is 3.63. The molecule has 2 atom stereocenters. The lowest BCUT2D eigenvalue weighted by atomic mass is 9.78. The molecule has 1 aromatic rings. The normalized spacial score (nSPS) is 32.2. The van der Waals surface area contributed by atoms with E-state index in [1.165, 1.54) is 38.5 Å². The summed E-state index contributed by atoms with van der Waals surface area (Å²) in [6, 6.07) is 6.02. The zero-order chi connectivity index (χ0) is 12.0. The van der Waals surface area contributed by atoms with E-state index in [0.29, 0.717) is 12.1 Å². The Morgan fingerprint density at radius 2 is 1.95 bits per heavy atom. The molecule has 2 N–H and O–H groups in total. The zero-order valence-corrected chi connectivity index (χ0v) is 12.2. The Labute approximate surface area is 121 Å². The first kappa shape index (κ1) is 13.5. The third kappa shape index (κ3) is 2.03. The topological polar surface area (TPSA) is 29.0 Å². The number of rotatable bonds is 0. The van der Waals surface area contributed by atoms with Crippen molar-refractivity contribution in [1.29, 1.82) is 0 Å². The van der Waals surface area contributed by atoms with Gasteiger partial charge in [0.05, 0.1) is 5.54 Å². The van der Waals surface area contributed by atoms with E-state index >= 15 is 0 Å². The predicted octanol–water partition coefficient (Wildman–Crippen LogP) is 2.58. The van der Waals surface area contributed by atoms with E-state index in [4.69, 9.17) is 0 Å². The lowest BCUT2D eigenvalue weighted by molar-refractivity contribution is 0.114. The van der Waals surface area contributed by atoms with Crippen molar-refractivity contribution in [2.45, 2.75) is 56.1 Å². The fourth-order valence-electron chi connectivity index (χ4n) is 4.38. The lowest BCUT2D eigenvalue weighted by Crippen LogP contribution is -2.60. The molecule has 1 aliphatic carbocycles. The van der Waals surface area contributed by atoms with Crippen LogP contribution >= 0.6 is 12.4 Å². The first-order chi connectivity index (χ1) is 8.89. The Morgan fingerprint density at radius 1 is 1.16 bits per heavy atom. The average Bonchev–Trinajstić information content (AvgIpc) is 2.90. The van der Waals surface area contributed by atoms with Crippen LogP contribution in [0.5, 0.6) is 0 Å². The van der Waals surface area contributed by atoms with Gasteiger partial charge >= 0.3 is 0 Å². The van der Waals surface area contributed by atoms with Crippen LogP contribution in [0.15, 0.2) is 18.3 Å². The van der Waals surface area contributed by atoms with Crippen molar-refractivity contribution in [2.75, 3.05) is 13.1 Å². The number of nitrogens with zero attached hydrogens (tertiary/aromatic N) is 1. The summed E-state index contributed by atoms with van der Waals surface area (Å²) in [4.78, 5) is 0. The van der Waals surface area contributed by atoms with Gasteiger partial charge in [-0.3, -0.25) is 0 Å². The maximum Gasteiger partial charge on any atom is 0.0615 e. The van der Waals surface area contributed by atoms with Crippen molar-refractivity contribution < 1.29 is 0 Å². The van der Waals surface area contributed by atoms with Crippen LogP contribution in [0.2, 0.25) is 0 Å². The van der Waals surface area contributed by atoms with Gasteiger partial charge in [-0.2, -0.15) is 0 Å². The summed E-state index contributed by atoms with van der Waals surface area (Å²) in [5.74, 6) is 0. The molecule has 3 heterocycles. The standard InChI is InChI=1S/C15H23N3.ClH/c1-2-5-13-12(4-1)17-15(7-9-16-10-8-15)14-6-3-11-18(13)14;/h3,6,11-13,16-17H,1-2,4-5,7-10H2;1H/t12-,13-;/m1./s1. The minimum Gasteiger partial charge on any atom is -0.345 e. The van der Waals surface area contributed by atoms with Crippen LogP contribution in [0.4, 0.5) is 0 Å². The zero-order valence-electron chi connectivity index (χ0n) is 11.4. The Hall–Kier alpha value is -0.510. The molecule has 0 radical (unpaired) electrons. The van der Waals surface area contributed by atoms with Gasteiger partial charge in [0.15, 0.2) is 0 Å². The number of hydrogen-bond donors (Lipinski definition) is 2. The maximum absolute atomic E-state index is 4.05. The van der Waals surface area contributed by atoms with E-state index in [9.17, 15) is 0 Å². The van der Waals surface area contributed by atoms with Gasteiger partial charge in [-0.25, -0.2) is 0 Å². The third-order valence-electron chi connectivity index (χ3n) is 5.27. The molecule has 0 amide bonds. The summed E-state index contributed by atoms with van der Waals surface area (Å²) >= 11 is 0. The molecule has 3 aliphatic rings. The molecule has 1 saturated carbocycles. The van der Waals surface area contributed by atoms with E-state index in [0.717, 1.165) is 13.1 Å². The van der Waals surface area contributed by atoms with Crippen LogP contribution in [0.3, 0.4) is 0 Å². The van der Waals surface area contributed by atoms with Gasteiger partial charge in [0.2, 0.25) is 0 Å². The summed E-state index contributed by atoms with van der Waals surface area (Å²) < 4.78 is 2.60. The minimum atomic E-state index is 0. The number of fused-ring (bicyclic) bond motifs is 4. The molecule has 19 heavy (non-hydrogen) atoms. The molecule has 0 bridgehead atoms. The average molecular weight is 282 g/mol. The van der Waals surface area contributed by atoms with Crippen LogP contribution in [0, 0.1) is 0 Å². The second-order valence-electron chi connectivity index (χ2n) is 6.24. The van der Waals surface area contributed by atoms with Gasteiger partial charge in [-0.1, -0.05) is 12.8 Å². The van der Waals surface area contributed by atoms with Crippen molar-refractivity contribution in [2.24, 2.45) is 0 Å². The second-order valence-corrected chi connectivity index (χ2v) is 6.24. The highest BCUT2D eigenvalue weighted by Crippen LogP contribution is 2.42. The molecule has 0 aromatic carbocycles. The molecular formula is C15H24ClN3. The monoisotopic (exact) mass is 281 g/mol. The number of halogens is 1. The van der Waals surface area contributed by atoms with Gasteiger partial charge in [-0.15, -0.1) is 12.4 Å². The summed E-state index contributed by atoms with van der Waals surface area (Å²) in [5, 5.41) is 7.55. The van der Waals surface area contributed by atoms with Crippen molar-refractivity contribution in [3.05, 3.63) is 24.0 Å². The van der Waals surface area contributed by atoms with Gasteiger partial charge in [-0.05, 0) is 50.9 Å². The maximum atomic E-state index is 4.05. The number of hydrogen-bond acceptors (Lipinski definition) is 2. The number of nitrogens with one attached hydrogen (secondary N) is 2. The molecule has 0 unspecified atom stereocenters. The molecule has 2 fully saturated rings. The Bertz CT molecular complexity index is 436. The Morgan fingerprint density at radius 3 is 2.79 bits per heavy atom. The largest absolute Gasteiger partial charge is 0.345 e. The van der Waals surface area contributed by atoms with Gasteiger partial charge in [0.25, 0.3) is 0 Å². The van der Waals surface area contributed by atoms with E-state index < -0.39 is 0 Å². The predicted molar refractivity (Wildman–Crippen MR) is 79.9 cm³/mol. The second kappa shape index (κ2) is 5.12. The van der Waals surface area contributed by atoms with Crippen LogP contribution in [-0.4, -0.2) is 23.7 Å². The van der Waals surface area contributed by atoms with Crippen LogP contribution < -0.4 is 10.6 Å². The molecule has 2 aliphatic heterocycles. The summed E-state index contributed by atoms with van der Waals surface area (Å²) in [6.45, 7) is 2.30. The third-order valence-corrected chi connectivity index (χ3v) is 5.27. The van der Waals surface area contributed by atoms with Crippen LogP contribution in [0.25, 0.3) is 0 Å². The van der Waals surface area contributed by atoms with Gasteiger partial charge in [0, 0.05) is 24.0 Å². The molecule has 4 heteroatoms. The van der Waals surface area contributed by atoms with Crippen molar-refractivity contribution in [3.8, 4) is 0 Å². The van der Waals surface area contributed by atoms with E-state index in [2.05, 4.69) is 33.5 Å². The van der Waals surface area contributed by atoms with E-state index in [1.54, 1.807) is 5.69 Å². The van der Waals surface area contributed by atoms with Crippen molar-refractivity contribution >= 4 is 12.4 Å². The van der Waals surface area contributed by atoms with Crippen LogP contribution in [-0.2, 0) is 5.54 Å². The molecule has 1 spiro atoms. The summed E-state index contributed by atoms with van der Waals surface area (Å²) in [5.41, 5.74) is 1.81. The molecule has 1 aromatic heterocycles. The lowest BCUT2D eigenvalue weighted by Gasteiger charge is -2.50. The highest BCUT2D eigenvalue weighted by Gasteiger charge is 2.44. The van der Waals surface area contributed by atoms with E-state index in [-0.39, 0.29) is 17.9 Å². The quantitative estimate of drug-likeness (QED) is 0.765. The summed E-state index contributed by atoms with van der Waals surface area (Å²) in [6.07, 6.45) is 10.3. The molecule has 3 nitrogen and oxygen atoms in total. The smallest absolute Gasteiger partial charge is 0.0615 e.